The van der Waals surface area contributed by atoms with Crippen LogP contribution >= 0.6 is 0 Å². The van der Waals surface area contributed by atoms with Crippen LogP contribution in [0.4, 0.5) is 4.39 Å². The van der Waals surface area contributed by atoms with Crippen LogP contribution in [0, 0.1) is 17.1 Å². The number of aliphatic hydroxyl groups is 1. The lowest BCUT2D eigenvalue weighted by atomic mass is 10.1. The van der Waals surface area contributed by atoms with Crippen molar-refractivity contribution in [1.82, 2.24) is 0 Å². The quantitative estimate of drug-likeness (QED) is 0.703. The van der Waals surface area contributed by atoms with Gasteiger partial charge in [0.25, 0.3) is 0 Å². The molecule has 3 nitrogen and oxygen atoms in total. The summed E-state index contributed by atoms with van der Waals surface area (Å²) in [6.07, 6.45) is 0. The number of hydrogen-bond donors (Lipinski definition) is 2. The van der Waals surface area contributed by atoms with Gasteiger partial charge in [-0.1, -0.05) is 0 Å². The van der Waals surface area contributed by atoms with Gasteiger partial charge in [-0.15, -0.1) is 0 Å². The van der Waals surface area contributed by atoms with Gasteiger partial charge in [0.1, 0.15) is 5.82 Å². The van der Waals surface area contributed by atoms with Crippen molar-refractivity contribution in [3.63, 3.8) is 0 Å². The minimum atomic E-state index is -0.770. The van der Waals surface area contributed by atoms with Crippen LogP contribution < -0.4 is 5.73 Å². The highest BCUT2D eigenvalue weighted by molar-refractivity contribution is 5.35. The molecular formula is C9H9FN2O. The second-order valence-electron chi connectivity index (χ2n) is 2.64. The van der Waals surface area contributed by atoms with E-state index in [1.165, 1.54) is 18.2 Å². The van der Waals surface area contributed by atoms with E-state index in [1.807, 2.05) is 6.07 Å². The lowest BCUT2D eigenvalue weighted by molar-refractivity contribution is 0.265. The van der Waals surface area contributed by atoms with Crippen molar-refractivity contribution in [2.45, 2.75) is 6.04 Å². The van der Waals surface area contributed by atoms with E-state index in [1.54, 1.807) is 0 Å². The number of aliphatic hydroxyl groups excluding tert-OH is 1. The molecule has 68 valence electrons. The fraction of sp³-hybridized carbons (Fsp3) is 0.222. The Labute approximate surface area is 75.2 Å². The molecule has 0 aliphatic carbocycles. The summed E-state index contributed by atoms with van der Waals surface area (Å²) in [5, 5.41) is 17.2. The number of rotatable bonds is 2. The first-order valence-corrected chi connectivity index (χ1v) is 3.75. The van der Waals surface area contributed by atoms with E-state index in [0.29, 0.717) is 5.56 Å². The van der Waals surface area contributed by atoms with Gasteiger partial charge < -0.3 is 10.8 Å². The van der Waals surface area contributed by atoms with Crippen LogP contribution in [0.25, 0.3) is 0 Å². The van der Waals surface area contributed by atoms with E-state index < -0.39 is 11.9 Å². The molecule has 1 aromatic rings. The summed E-state index contributed by atoms with van der Waals surface area (Å²) in [5.41, 5.74) is 5.92. The smallest absolute Gasteiger partial charge is 0.128 e. The lowest BCUT2D eigenvalue weighted by Gasteiger charge is -2.09. The molecule has 0 bridgehead atoms. The predicted molar refractivity (Wildman–Crippen MR) is 45.1 cm³/mol. The highest BCUT2D eigenvalue weighted by atomic mass is 19.1. The van der Waals surface area contributed by atoms with E-state index in [0.717, 1.165) is 0 Å². The van der Waals surface area contributed by atoms with Crippen molar-refractivity contribution in [3.05, 3.63) is 35.1 Å². The molecule has 1 aromatic carbocycles. The van der Waals surface area contributed by atoms with E-state index in [2.05, 4.69) is 0 Å². The Bertz CT molecular complexity index is 346. The third kappa shape index (κ3) is 2.02. The standard InChI is InChI=1S/C9H9FN2O/c10-8-2-1-6(4-11)3-7(8)9(12)5-13/h1-3,9,13H,5,12H2/t9-/m0/s1. The average Bonchev–Trinajstić information content (AvgIpc) is 2.17. The molecule has 0 aromatic heterocycles. The molecule has 1 atom stereocenters. The van der Waals surface area contributed by atoms with Gasteiger partial charge in [0.15, 0.2) is 0 Å². The molecule has 13 heavy (non-hydrogen) atoms. The summed E-state index contributed by atoms with van der Waals surface area (Å²) in [4.78, 5) is 0. The van der Waals surface area contributed by atoms with Gasteiger partial charge in [-0.2, -0.15) is 5.26 Å². The van der Waals surface area contributed by atoms with Gasteiger partial charge in [-0.3, -0.25) is 0 Å². The number of halogens is 1. The van der Waals surface area contributed by atoms with Crippen LogP contribution in [0.5, 0.6) is 0 Å². The molecule has 0 amide bonds. The van der Waals surface area contributed by atoms with Crippen molar-refractivity contribution in [3.8, 4) is 6.07 Å². The molecule has 0 saturated carbocycles. The average molecular weight is 180 g/mol. The zero-order valence-corrected chi connectivity index (χ0v) is 6.87. The summed E-state index contributed by atoms with van der Waals surface area (Å²) in [7, 11) is 0. The summed E-state index contributed by atoms with van der Waals surface area (Å²) in [5.74, 6) is -0.499. The Hall–Kier alpha value is -1.44. The zero-order valence-electron chi connectivity index (χ0n) is 6.87. The van der Waals surface area contributed by atoms with E-state index in [4.69, 9.17) is 16.1 Å². The van der Waals surface area contributed by atoms with Gasteiger partial charge in [0.05, 0.1) is 24.3 Å². The normalized spacial score (nSPS) is 12.2. The van der Waals surface area contributed by atoms with Gasteiger partial charge in [0, 0.05) is 5.56 Å². The van der Waals surface area contributed by atoms with Crippen LogP contribution in [0.3, 0.4) is 0 Å². The number of nitrogens with zero attached hydrogens (tertiary/aromatic N) is 1. The number of hydrogen-bond acceptors (Lipinski definition) is 3. The van der Waals surface area contributed by atoms with Gasteiger partial charge in [-0.25, -0.2) is 4.39 Å². The van der Waals surface area contributed by atoms with E-state index in [9.17, 15) is 4.39 Å². The minimum absolute atomic E-state index is 0.168. The molecule has 0 heterocycles. The third-order valence-electron chi connectivity index (χ3n) is 1.72. The monoisotopic (exact) mass is 180 g/mol. The Morgan fingerprint density at radius 2 is 2.31 bits per heavy atom. The fourth-order valence-corrected chi connectivity index (χ4v) is 0.996. The van der Waals surface area contributed by atoms with Crippen molar-refractivity contribution < 1.29 is 9.50 Å². The molecule has 0 spiro atoms. The SMILES string of the molecule is N#Cc1ccc(F)c([C@@H](N)CO)c1. The Balaban J connectivity index is 3.12. The lowest BCUT2D eigenvalue weighted by Crippen LogP contribution is -2.16. The molecule has 0 fully saturated rings. The van der Waals surface area contributed by atoms with Crippen molar-refractivity contribution in [2.75, 3.05) is 6.61 Å². The van der Waals surface area contributed by atoms with Gasteiger partial charge in [0.2, 0.25) is 0 Å². The molecule has 4 heteroatoms. The largest absolute Gasteiger partial charge is 0.394 e. The number of benzene rings is 1. The van der Waals surface area contributed by atoms with Crippen LogP contribution in [-0.4, -0.2) is 11.7 Å². The summed E-state index contributed by atoms with van der Waals surface area (Å²) in [6, 6.07) is 4.98. The van der Waals surface area contributed by atoms with Gasteiger partial charge in [-0.05, 0) is 18.2 Å². The maximum absolute atomic E-state index is 13.0. The Morgan fingerprint density at radius 3 is 2.85 bits per heavy atom. The highest BCUT2D eigenvalue weighted by Crippen LogP contribution is 2.16. The number of nitrogens with two attached hydrogens (primary N) is 1. The molecule has 0 aliphatic heterocycles. The van der Waals surface area contributed by atoms with Crippen LogP contribution in [0.15, 0.2) is 18.2 Å². The molecule has 0 saturated heterocycles. The first-order chi connectivity index (χ1) is 6.19. The molecule has 0 aliphatic rings. The highest BCUT2D eigenvalue weighted by Gasteiger charge is 2.10. The molecular weight excluding hydrogens is 171 g/mol. The van der Waals surface area contributed by atoms with Crippen LogP contribution in [0.2, 0.25) is 0 Å². The third-order valence-corrected chi connectivity index (χ3v) is 1.72. The molecule has 3 N–H and O–H groups in total. The van der Waals surface area contributed by atoms with Crippen molar-refractivity contribution >= 4 is 0 Å². The van der Waals surface area contributed by atoms with Crippen molar-refractivity contribution in [1.29, 1.82) is 5.26 Å². The van der Waals surface area contributed by atoms with Crippen LogP contribution in [-0.2, 0) is 0 Å². The number of nitriles is 1. The van der Waals surface area contributed by atoms with Gasteiger partial charge >= 0.3 is 0 Å². The first kappa shape index (κ1) is 9.65. The first-order valence-electron chi connectivity index (χ1n) is 3.75. The Kier molecular flexibility index (Phi) is 2.96. The van der Waals surface area contributed by atoms with Crippen LogP contribution in [0.1, 0.15) is 17.2 Å². The summed E-state index contributed by atoms with van der Waals surface area (Å²) >= 11 is 0. The minimum Gasteiger partial charge on any atom is -0.394 e. The zero-order chi connectivity index (χ0) is 9.84. The van der Waals surface area contributed by atoms with E-state index in [-0.39, 0.29) is 12.2 Å². The van der Waals surface area contributed by atoms with Crippen molar-refractivity contribution in [2.24, 2.45) is 5.73 Å². The second kappa shape index (κ2) is 3.99. The summed E-state index contributed by atoms with van der Waals surface area (Å²) < 4.78 is 13.0. The topological polar surface area (TPSA) is 70.0 Å². The molecule has 1 rings (SSSR count). The fourth-order valence-electron chi connectivity index (χ4n) is 0.996. The predicted octanol–water partition coefficient (Wildman–Crippen LogP) is 0.689. The second-order valence-corrected chi connectivity index (χ2v) is 2.64. The Morgan fingerprint density at radius 1 is 1.62 bits per heavy atom. The van der Waals surface area contributed by atoms with E-state index >= 15 is 0 Å². The molecule has 0 radical (unpaired) electrons. The molecule has 0 unspecified atom stereocenters. The maximum Gasteiger partial charge on any atom is 0.128 e. The summed E-state index contributed by atoms with van der Waals surface area (Å²) in [6.45, 7) is -0.341. The maximum atomic E-state index is 13.0.